The number of piperidine rings is 2. The first-order valence-electron chi connectivity index (χ1n) is 17.3. The molecular weight excluding hydrogens is 683 g/mol. The number of ether oxygens (including phenoxy) is 1. The molecule has 2 aliphatic heterocycles. The highest BCUT2D eigenvalue weighted by atomic mass is 32.2. The summed E-state index contributed by atoms with van der Waals surface area (Å²) in [7, 11) is -7.90. The summed E-state index contributed by atoms with van der Waals surface area (Å²) in [6, 6.07) is 7.96. The Balaban J connectivity index is 1.63. The molecule has 13 nitrogen and oxygen atoms in total. The van der Waals surface area contributed by atoms with E-state index in [4.69, 9.17) is 15.3 Å². The molecular formula is C35H49N5O8S2. The number of nitrogens with one attached hydrogen (secondary N) is 1. The van der Waals surface area contributed by atoms with E-state index in [0.717, 1.165) is 12.8 Å². The molecule has 0 amide bonds. The Morgan fingerprint density at radius 1 is 0.840 bits per heavy atom. The minimum absolute atomic E-state index is 0.00317. The van der Waals surface area contributed by atoms with Crippen molar-refractivity contribution in [3.8, 4) is 0 Å². The third-order valence-electron chi connectivity index (χ3n) is 10.0. The van der Waals surface area contributed by atoms with Crippen molar-refractivity contribution in [3.63, 3.8) is 0 Å². The van der Waals surface area contributed by atoms with Gasteiger partial charge in [0.25, 0.3) is 0 Å². The number of sulfonamides is 2. The van der Waals surface area contributed by atoms with E-state index in [-0.39, 0.29) is 61.5 Å². The van der Waals surface area contributed by atoms with Crippen LogP contribution >= 0.6 is 0 Å². The number of carbonyl (C=O) groups is 1. The topological polar surface area (TPSA) is 178 Å². The molecule has 6 atom stereocenters. The number of hydrogen-bond donors (Lipinski definition) is 2. The van der Waals surface area contributed by atoms with Crippen molar-refractivity contribution in [2.75, 3.05) is 38.5 Å². The van der Waals surface area contributed by atoms with Gasteiger partial charge in [0.1, 0.15) is 11.7 Å². The number of anilines is 1. The Bertz CT molecular complexity index is 1840. The molecule has 2 aliphatic rings. The van der Waals surface area contributed by atoms with Crippen LogP contribution in [0.4, 0.5) is 11.4 Å². The molecule has 2 fully saturated rings. The van der Waals surface area contributed by atoms with Gasteiger partial charge in [0, 0.05) is 47.7 Å². The molecule has 274 valence electrons. The molecule has 0 spiro atoms. The summed E-state index contributed by atoms with van der Waals surface area (Å²) in [6.45, 7) is 12.8. The van der Waals surface area contributed by atoms with Crippen molar-refractivity contribution in [3.05, 3.63) is 41.3 Å². The van der Waals surface area contributed by atoms with E-state index in [1.54, 1.807) is 0 Å². The Hall–Kier alpha value is -3.21. The zero-order valence-corrected chi connectivity index (χ0v) is 31.2. The first-order chi connectivity index (χ1) is 23.6. The van der Waals surface area contributed by atoms with Gasteiger partial charge >= 0.3 is 5.97 Å². The Morgan fingerprint density at radius 3 is 1.68 bits per heavy atom. The van der Waals surface area contributed by atoms with Crippen molar-refractivity contribution in [1.29, 1.82) is 0 Å². The minimum atomic E-state index is -3.95. The van der Waals surface area contributed by atoms with E-state index in [2.05, 4.69) is 10.7 Å². The van der Waals surface area contributed by atoms with Gasteiger partial charge in [-0.25, -0.2) is 21.7 Å². The lowest BCUT2D eigenvalue weighted by molar-refractivity contribution is -0.156. The quantitative estimate of drug-likeness (QED) is 0.0566. The Kier molecular flexibility index (Phi) is 11.5. The number of nitrogens with two attached hydrogens (primary N) is 1. The van der Waals surface area contributed by atoms with Crippen molar-refractivity contribution >= 4 is 58.9 Å². The van der Waals surface area contributed by atoms with Crippen molar-refractivity contribution in [2.45, 2.75) is 76.6 Å². The number of rotatable bonds is 12. The first kappa shape index (κ1) is 38.0. The van der Waals surface area contributed by atoms with Crippen molar-refractivity contribution < 1.29 is 31.2 Å². The predicted octanol–water partition coefficient (Wildman–Crippen LogP) is 5.94. The second-order valence-electron chi connectivity index (χ2n) is 14.5. The number of carbonyl (C=O) groups excluding carboxylic acids is 1. The van der Waals surface area contributed by atoms with E-state index in [1.165, 1.54) is 45.0 Å². The molecule has 2 unspecified atom stereocenters. The Labute approximate surface area is 294 Å². The van der Waals surface area contributed by atoms with Gasteiger partial charge in [-0.2, -0.15) is 8.61 Å². The van der Waals surface area contributed by atoms with E-state index in [9.17, 15) is 26.5 Å². The molecule has 15 heteroatoms. The lowest BCUT2D eigenvalue weighted by Gasteiger charge is -2.34. The van der Waals surface area contributed by atoms with E-state index < -0.39 is 38.9 Å². The molecule has 0 aromatic heterocycles. The normalized spacial score (nSPS) is 23.8. The van der Waals surface area contributed by atoms with Crippen molar-refractivity contribution in [2.24, 2.45) is 40.5 Å². The zero-order valence-electron chi connectivity index (χ0n) is 29.6. The lowest BCUT2D eigenvalue weighted by atomic mass is 9.94. The molecule has 2 saturated heterocycles. The summed E-state index contributed by atoms with van der Waals surface area (Å²) in [5.41, 5.74) is 8.98. The second-order valence-corrected chi connectivity index (χ2v) is 18.4. The third-order valence-corrected chi connectivity index (χ3v) is 13.7. The van der Waals surface area contributed by atoms with E-state index in [0.29, 0.717) is 43.4 Å². The van der Waals surface area contributed by atoms with Crippen LogP contribution in [0.2, 0.25) is 0 Å². The van der Waals surface area contributed by atoms with Crippen LogP contribution in [0, 0.1) is 34.5 Å². The molecule has 0 bridgehead atoms. The van der Waals surface area contributed by atoms with E-state index in [1.807, 2.05) is 41.5 Å². The average molecular weight is 732 g/mol. The number of nitroso groups, excluding NO2 is 1. The highest BCUT2D eigenvalue weighted by Crippen LogP contribution is 2.44. The van der Waals surface area contributed by atoms with Crippen LogP contribution in [0.1, 0.15) is 60.8 Å². The molecule has 0 radical (unpaired) electrons. The molecule has 3 N–H and O–H groups in total. The number of nitrogens with zero attached hydrogens (tertiary/aromatic N) is 3. The van der Waals surface area contributed by atoms with Gasteiger partial charge < -0.3 is 10.5 Å². The fraction of sp³-hybridized carbons (Fsp3) is 0.571. The molecule has 50 heavy (non-hydrogen) atoms. The molecule has 2 heterocycles. The maximum Gasteiger partial charge on any atom is 0.325 e. The van der Waals surface area contributed by atoms with Gasteiger partial charge in [0.05, 0.1) is 15.5 Å². The smallest absolute Gasteiger partial charge is 0.325 e. The van der Waals surface area contributed by atoms with Gasteiger partial charge in [-0.05, 0) is 71.9 Å². The Morgan fingerprint density at radius 2 is 1.28 bits per heavy atom. The summed E-state index contributed by atoms with van der Waals surface area (Å²) >= 11 is 0. The standard InChI is InChI=1S/C35H49N5O8S2/c1-7-25(6)32(36)35(41)47-20-48-38-34-30-14-26(49(43,44)39-16-21(2)12-22(3)17-39)8-10-28(30)33(37-42)29-11-9-27(15-31(29)34)50(45,46)40-18-23(4)13-24(5)19-40/h8-11,14-15,21-25,32,38H,7,12-13,16-20,36H2,1-6H3/t21-,22+,23-,24+,25?,32?. The SMILES string of the molecule is CCC(C)C(N)C(=O)OCONc1c2cc(S(=O)(=O)N3C[C@H](C)C[C@H](C)C3)ccc2c(N=O)c2ccc(S(=O)(=O)N3C[C@H](C)C[C@H](C)C3)cc12. The van der Waals surface area contributed by atoms with Gasteiger partial charge in [-0.1, -0.05) is 60.1 Å². The highest BCUT2D eigenvalue weighted by molar-refractivity contribution is 7.89. The summed E-state index contributed by atoms with van der Waals surface area (Å²) in [5.74, 6) is -0.0698. The number of hydrogen-bond acceptors (Lipinski definition) is 11. The fourth-order valence-corrected chi connectivity index (χ4v) is 10.8. The summed E-state index contributed by atoms with van der Waals surface area (Å²) in [6.07, 6.45) is 2.51. The summed E-state index contributed by atoms with van der Waals surface area (Å²) in [4.78, 5) is 30.5. The predicted molar refractivity (Wildman–Crippen MR) is 193 cm³/mol. The summed E-state index contributed by atoms with van der Waals surface area (Å²) in [5, 5.41) is 4.46. The number of fused-ring (bicyclic) bond motifs is 2. The minimum Gasteiger partial charge on any atom is -0.435 e. The van der Waals surface area contributed by atoms with Gasteiger partial charge in [0.2, 0.25) is 26.8 Å². The third kappa shape index (κ3) is 7.67. The van der Waals surface area contributed by atoms with Crippen LogP contribution in [0.5, 0.6) is 0 Å². The maximum absolute atomic E-state index is 14.0. The molecule has 3 aromatic carbocycles. The van der Waals surface area contributed by atoms with E-state index >= 15 is 0 Å². The zero-order chi connectivity index (χ0) is 36.5. The van der Waals surface area contributed by atoms with Crippen LogP contribution in [0.15, 0.2) is 51.4 Å². The second kappa shape index (κ2) is 15.2. The van der Waals surface area contributed by atoms with Crippen molar-refractivity contribution in [1.82, 2.24) is 8.61 Å². The molecule has 0 saturated carbocycles. The van der Waals surface area contributed by atoms with Crippen LogP contribution in [-0.2, 0) is 34.4 Å². The van der Waals surface area contributed by atoms with Crippen LogP contribution in [0.3, 0.4) is 0 Å². The lowest BCUT2D eigenvalue weighted by Crippen LogP contribution is -2.42. The monoisotopic (exact) mass is 731 g/mol. The molecule has 0 aliphatic carbocycles. The van der Waals surface area contributed by atoms with Crippen LogP contribution < -0.4 is 11.2 Å². The number of esters is 1. The maximum atomic E-state index is 14.0. The van der Waals surface area contributed by atoms with Crippen LogP contribution in [0.25, 0.3) is 21.5 Å². The first-order valence-corrected chi connectivity index (χ1v) is 20.1. The molecule has 5 rings (SSSR count). The highest BCUT2D eigenvalue weighted by Gasteiger charge is 2.34. The average Bonchev–Trinajstić information content (AvgIpc) is 3.07. The summed E-state index contributed by atoms with van der Waals surface area (Å²) < 4.78 is 64.1. The van der Waals surface area contributed by atoms with Gasteiger partial charge in [-0.15, -0.1) is 4.91 Å². The molecule has 3 aromatic rings. The van der Waals surface area contributed by atoms with Gasteiger partial charge in [-0.3, -0.25) is 10.3 Å². The number of benzene rings is 3. The van der Waals surface area contributed by atoms with Crippen LogP contribution in [-0.4, -0.2) is 70.4 Å². The van der Waals surface area contributed by atoms with Gasteiger partial charge in [0.15, 0.2) is 0 Å². The largest absolute Gasteiger partial charge is 0.435 e. The fourth-order valence-electron chi connectivity index (χ4n) is 7.37.